The van der Waals surface area contributed by atoms with E-state index in [0.29, 0.717) is 6.61 Å². The summed E-state index contributed by atoms with van der Waals surface area (Å²) < 4.78 is 12.1. The van der Waals surface area contributed by atoms with Crippen LogP contribution in [0.4, 0.5) is 0 Å². The van der Waals surface area contributed by atoms with Crippen molar-refractivity contribution in [3.8, 4) is 5.75 Å². The molecule has 2 aliphatic heterocycles. The first kappa shape index (κ1) is 16.6. The van der Waals surface area contributed by atoms with E-state index in [2.05, 4.69) is 11.1 Å². The van der Waals surface area contributed by atoms with Gasteiger partial charge in [0.15, 0.2) is 0 Å². The number of likely N-dealkylation sites (tertiary alicyclic amines) is 1. The molecule has 0 spiro atoms. The maximum atomic E-state index is 12.9. The largest absolute Gasteiger partial charge is 0.491 e. The summed E-state index contributed by atoms with van der Waals surface area (Å²) in [6, 6.07) is 3.81. The van der Waals surface area contributed by atoms with Gasteiger partial charge in [0, 0.05) is 36.9 Å². The Labute approximate surface area is 149 Å². The second-order valence-electron chi connectivity index (χ2n) is 7.44. The first-order valence-electron chi connectivity index (χ1n) is 9.40. The molecule has 0 N–H and O–H groups in total. The molecule has 25 heavy (non-hydrogen) atoms. The minimum absolute atomic E-state index is 0.110. The molecule has 0 bridgehead atoms. The predicted octanol–water partition coefficient (Wildman–Crippen LogP) is 2.97. The maximum absolute atomic E-state index is 12.9. The average molecular weight is 342 g/mol. The Kier molecular flexibility index (Phi) is 4.75. The number of hydrogen-bond acceptors (Lipinski definition) is 4. The minimum Gasteiger partial charge on any atom is -0.491 e. The Balaban J connectivity index is 1.49. The number of fused-ring (bicyclic) bond motifs is 1. The highest BCUT2D eigenvalue weighted by Crippen LogP contribution is 2.41. The second-order valence-corrected chi connectivity index (χ2v) is 7.44. The van der Waals surface area contributed by atoms with Crippen LogP contribution in [0.3, 0.4) is 0 Å². The van der Waals surface area contributed by atoms with Crippen molar-refractivity contribution in [2.24, 2.45) is 5.41 Å². The summed E-state index contributed by atoms with van der Waals surface area (Å²) in [4.78, 5) is 19.0. The van der Waals surface area contributed by atoms with Gasteiger partial charge in [-0.2, -0.15) is 0 Å². The molecule has 2 fully saturated rings. The van der Waals surface area contributed by atoms with Crippen molar-refractivity contribution < 1.29 is 14.3 Å². The van der Waals surface area contributed by atoms with Crippen LogP contribution in [0.15, 0.2) is 36.2 Å². The van der Waals surface area contributed by atoms with Gasteiger partial charge in [0.25, 0.3) is 0 Å². The van der Waals surface area contributed by atoms with Gasteiger partial charge in [0.1, 0.15) is 5.75 Å². The highest BCUT2D eigenvalue weighted by Gasteiger charge is 2.48. The van der Waals surface area contributed by atoms with E-state index in [1.807, 2.05) is 17.0 Å². The first-order valence-corrected chi connectivity index (χ1v) is 9.40. The van der Waals surface area contributed by atoms with E-state index in [1.165, 1.54) is 0 Å². The number of nitrogens with zero attached hydrogens (tertiary/aromatic N) is 2. The van der Waals surface area contributed by atoms with E-state index in [1.54, 1.807) is 12.4 Å². The van der Waals surface area contributed by atoms with Crippen molar-refractivity contribution in [1.29, 1.82) is 0 Å². The van der Waals surface area contributed by atoms with Crippen LogP contribution in [0.25, 0.3) is 0 Å². The van der Waals surface area contributed by atoms with Crippen LogP contribution in [0, 0.1) is 5.41 Å². The fraction of sp³-hybridized carbons (Fsp3) is 0.600. The van der Waals surface area contributed by atoms with E-state index < -0.39 is 0 Å². The number of aromatic nitrogens is 1. The molecule has 0 saturated carbocycles. The number of ether oxygens (including phenoxy) is 2. The van der Waals surface area contributed by atoms with Crippen molar-refractivity contribution in [1.82, 2.24) is 9.88 Å². The van der Waals surface area contributed by atoms with Gasteiger partial charge in [0.05, 0.1) is 18.9 Å². The normalized spacial score (nSPS) is 29.0. The predicted molar refractivity (Wildman–Crippen MR) is 94.3 cm³/mol. The van der Waals surface area contributed by atoms with Crippen molar-refractivity contribution >= 4 is 5.91 Å². The molecule has 1 amide bonds. The number of piperidine rings is 1. The maximum Gasteiger partial charge on any atom is 0.249 e. The molecule has 3 aliphatic rings. The molecule has 0 radical (unpaired) electrons. The average Bonchev–Trinajstić information content (AvgIpc) is 3.21. The third-order valence-electron chi connectivity index (χ3n) is 5.75. The number of amides is 1. The first-order chi connectivity index (χ1) is 12.3. The summed E-state index contributed by atoms with van der Waals surface area (Å²) in [6.07, 6.45) is 11.8. The van der Waals surface area contributed by atoms with Crippen molar-refractivity contribution in [2.45, 2.75) is 44.6 Å². The molecular weight excluding hydrogens is 316 g/mol. The van der Waals surface area contributed by atoms with E-state index >= 15 is 0 Å². The van der Waals surface area contributed by atoms with Gasteiger partial charge in [-0.1, -0.05) is 6.08 Å². The lowest BCUT2D eigenvalue weighted by molar-refractivity contribution is -0.155. The number of carbonyl (C=O) groups excluding carboxylic acids is 1. The summed E-state index contributed by atoms with van der Waals surface area (Å²) >= 11 is 0. The van der Waals surface area contributed by atoms with Crippen LogP contribution in [-0.4, -0.2) is 48.2 Å². The van der Waals surface area contributed by atoms with Gasteiger partial charge in [-0.3, -0.25) is 9.78 Å². The molecule has 5 nitrogen and oxygen atoms in total. The van der Waals surface area contributed by atoms with Crippen LogP contribution in [0.5, 0.6) is 5.75 Å². The van der Waals surface area contributed by atoms with Gasteiger partial charge in [0.2, 0.25) is 5.91 Å². The molecule has 1 aliphatic carbocycles. The zero-order valence-corrected chi connectivity index (χ0v) is 14.7. The van der Waals surface area contributed by atoms with Gasteiger partial charge >= 0.3 is 0 Å². The van der Waals surface area contributed by atoms with E-state index in [9.17, 15) is 4.79 Å². The number of pyridine rings is 1. The monoisotopic (exact) mass is 342 g/mol. The molecule has 0 aromatic carbocycles. The van der Waals surface area contributed by atoms with Gasteiger partial charge in [-0.15, -0.1) is 0 Å². The van der Waals surface area contributed by atoms with Gasteiger partial charge in [-0.05, 0) is 50.7 Å². The number of rotatable bonds is 4. The molecule has 134 valence electrons. The Morgan fingerprint density at radius 2 is 2.40 bits per heavy atom. The third kappa shape index (κ3) is 3.43. The van der Waals surface area contributed by atoms with Crippen molar-refractivity contribution in [3.63, 3.8) is 0 Å². The van der Waals surface area contributed by atoms with Crippen LogP contribution in [-0.2, 0) is 9.53 Å². The highest BCUT2D eigenvalue weighted by atomic mass is 16.5. The Morgan fingerprint density at radius 1 is 1.44 bits per heavy atom. The van der Waals surface area contributed by atoms with Crippen LogP contribution in [0.2, 0.25) is 0 Å². The molecule has 1 aromatic rings. The molecule has 2 saturated heterocycles. The quantitative estimate of drug-likeness (QED) is 0.844. The molecule has 2 atom stereocenters. The summed E-state index contributed by atoms with van der Waals surface area (Å²) in [5, 5.41) is 0. The Bertz CT molecular complexity index is 646. The molecule has 3 heterocycles. The molecule has 0 unspecified atom stereocenters. The fourth-order valence-corrected chi connectivity index (χ4v) is 4.40. The number of carbonyl (C=O) groups is 1. The molecular formula is C20H26N2O3. The van der Waals surface area contributed by atoms with Gasteiger partial charge < -0.3 is 14.4 Å². The van der Waals surface area contributed by atoms with Gasteiger partial charge in [-0.25, -0.2) is 0 Å². The summed E-state index contributed by atoms with van der Waals surface area (Å²) in [7, 11) is 0. The lowest BCUT2D eigenvalue weighted by Gasteiger charge is -2.50. The highest BCUT2D eigenvalue weighted by molar-refractivity contribution is 5.93. The van der Waals surface area contributed by atoms with E-state index in [0.717, 1.165) is 69.5 Å². The zero-order valence-electron chi connectivity index (χ0n) is 14.7. The summed E-state index contributed by atoms with van der Waals surface area (Å²) in [5.74, 6) is 1.01. The Hall–Kier alpha value is -1.88. The summed E-state index contributed by atoms with van der Waals surface area (Å²) in [6.45, 7) is 2.91. The summed E-state index contributed by atoms with van der Waals surface area (Å²) in [5.41, 5.74) is 0.889. The lowest BCUT2D eigenvalue weighted by atomic mass is 9.73. The van der Waals surface area contributed by atoms with Crippen LogP contribution >= 0.6 is 0 Å². The van der Waals surface area contributed by atoms with Crippen LogP contribution < -0.4 is 4.74 Å². The lowest BCUT2D eigenvalue weighted by Crippen LogP contribution is -2.58. The van der Waals surface area contributed by atoms with E-state index in [4.69, 9.17) is 9.47 Å². The molecule has 1 aromatic heterocycles. The SMILES string of the molecule is O=C(C1=CCCC1)N1CC[C@H]2OCCC[C@@]2(COc2cccnc2)C1. The molecule has 4 rings (SSSR count). The number of allylic oxidation sites excluding steroid dienone is 1. The standard InChI is InChI=1S/C20H26N2O3/c23-19(16-5-1-2-6-16)22-11-8-18-20(14-22,9-4-12-24-18)15-25-17-7-3-10-21-13-17/h3,5,7,10,13,18H,1-2,4,6,8-9,11-12,14-15H2/t18-,20+/m1/s1. The molecule has 5 heteroatoms. The van der Waals surface area contributed by atoms with Crippen LogP contribution in [0.1, 0.15) is 38.5 Å². The number of hydrogen-bond donors (Lipinski definition) is 0. The second kappa shape index (κ2) is 7.16. The minimum atomic E-state index is -0.110. The smallest absolute Gasteiger partial charge is 0.249 e. The fourth-order valence-electron chi connectivity index (χ4n) is 4.40. The third-order valence-corrected chi connectivity index (χ3v) is 5.75. The van der Waals surface area contributed by atoms with Crippen molar-refractivity contribution in [3.05, 3.63) is 36.2 Å². The Morgan fingerprint density at radius 3 is 3.20 bits per heavy atom. The zero-order chi connectivity index (χ0) is 17.1. The van der Waals surface area contributed by atoms with E-state index in [-0.39, 0.29) is 17.4 Å². The topological polar surface area (TPSA) is 51.7 Å². The van der Waals surface area contributed by atoms with Crippen molar-refractivity contribution in [2.75, 3.05) is 26.3 Å².